The largest absolute Gasteiger partial charge is 1.00 e. The van der Waals surface area contributed by atoms with Gasteiger partial charge in [0, 0.05) is 21.2 Å². The smallest absolute Gasteiger partial charge is 0.870 e. The molecule has 4 heteroatoms. The van der Waals surface area contributed by atoms with Gasteiger partial charge in [-0.05, 0) is 171 Å². The summed E-state index contributed by atoms with van der Waals surface area (Å²) in [6.07, 6.45) is 0.936. The third-order valence-electron chi connectivity index (χ3n) is 17.1. The zero-order valence-corrected chi connectivity index (χ0v) is 56.4. The Balaban J connectivity index is 0.000000159. The van der Waals surface area contributed by atoms with Gasteiger partial charge >= 0.3 is 29.6 Å². The number of anilines is 3. The summed E-state index contributed by atoms with van der Waals surface area (Å²) in [7, 11) is 0. The fraction of sp³-hybridized carbons (Fsp3) is 0.0111. The molecule has 16 rings (SSSR count). The van der Waals surface area contributed by atoms with Crippen molar-refractivity contribution in [2.24, 2.45) is 0 Å². The van der Waals surface area contributed by atoms with E-state index in [4.69, 9.17) is 0 Å². The van der Waals surface area contributed by atoms with Gasteiger partial charge in [0.1, 0.15) is 0 Å². The molecule has 0 saturated heterocycles. The summed E-state index contributed by atoms with van der Waals surface area (Å²) < 4.78 is 1.16. The van der Waals surface area contributed by atoms with Crippen molar-refractivity contribution < 1.29 is 35.0 Å². The minimum Gasteiger partial charge on any atom is -0.870 e. The van der Waals surface area contributed by atoms with E-state index in [1.165, 1.54) is 121 Å². The molecule has 0 heterocycles. The van der Waals surface area contributed by atoms with Crippen molar-refractivity contribution in [1.82, 2.24) is 0 Å². The van der Waals surface area contributed by atoms with E-state index in [-0.39, 0.29) is 42.5 Å². The summed E-state index contributed by atoms with van der Waals surface area (Å²) in [5, 5.41) is 10.2. The third-order valence-corrected chi connectivity index (χ3v) is 17.7. The topological polar surface area (TPSA) is 33.2 Å². The van der Waals surface area contributed by atoms with Crippen LogP contribution in [-0.4, -0.2) is 5.48 Å². The van der Waals surface area contributed by atoms with Crippen LogP contribution in [0.25, 0.3) is 110 Å². The number of benzene rings is 16. The molecule has 1 N–H and O–H groups in total. The van der Waals surface area contributed by atoms with E-state index in [1.807, 2.05) is 0 Å². The summed E-state index contributed by atoms with van der Waals surface area (Å²) in [5.41, 5.74) is 20.9. The first-order valence-corrected chi connectivity index (χ1v) is 31.9. The van der Waals surface area contributed by atoms with Crippen molar-refractivity contribution >= 4 is 76.1 Å². The number of fused-ring (bicyclic) bond motifs is 6. The second kappa shape index (κ2) is 30.9. The molecule has 16 aromatic rings. The monoisotopic (exact) mass is 1280 g/mol. The fourth-order valence-electron chi connectivity index (χ4n) is 12.5. The summed E-state index contributed by atoms with van der Waals surface area (Å²) >= 11 is 3.62. The molecule has 0 aliphatic heterocycles. The molecule has 0 bridgehead atoms. The van der Waals surface area contributed by atoms with Crippen molar-refractivity contribution in [1.29, 1.82) is 0 Å². The number of nitrogens with zero attached hydrogens (tertiary/aromatic N) is 1. The molecule has 2 nitrogen and oxygen atoms in total. The van der Waals surface area contributed by atoms with E-state index in [1.54, 1.807) is 0 Å². The van der Waals surface area contributed by atoms with Crippen molar-refractivity contribution in [3.63, 3.8) is 0 Å². The summed E-state index contributed by atoms with van der Waals surface area (Å²) in [6, 6.07) is 134. The van der Waals surface area contributed by atoms with Crippen molar-refractivity contribution in [3.05, 3.63) is 399 Å². The molecule has 0 aliphatic carbocycles. The van der Waals surface area contributed by atoms with Gasteiger partial charge in [-0.1, -0.05) is 344 Å². The normalized spacial score (nSPS) is 10.6. The van der Waals surface area contributed by atoms with E-state index < -0.39 is 0 Å². The molecule has 448 valence electrons. The Morgan fingerprint density at radius 2 is 0.521 bits per heavy atom. The molecule has 0 fully saturated rings. The zero-order chi connectivity index (χ0) is 61.1. The molecule has 0 saturated carbocycles. The predicted molar refractivity (Wildman–Crippen MR) is 402 cm³/mol. The van der Waals surface area contributed by atoms with Gasteiger partial charge in [-0.3, -0.25) is 0 Å². The van der Waals surface area contributed by atoms with Crippen LogP contribution in [0.2, 0.25) is 0 Å². The first kappa shape index (κ1) is 65.3. The molecule has 0 spiro atoms. The molecule has 0 unspecified atom stereocenters. The van der Waals surface area contributed by atoms with Gasteiger partial charge in [-0.15, -0.1) is 0 Å². The number of hydrogen-bond donors (Lipinski definition) is 0. The third kappa shape index (κ3) is 14.8. The van der Waals surface area contributed by atoms with Gasteiger partial charge in [0.05, 0.1) is 5.69 Å². The van der Waals surface area contributed by atoms with Gasteiger partial charge in [0.25, 0.3) is 0 Å². The number of rotatable bonds is 11. The Hall–Kier alpha value is -10.2. The average Bonchev–Trinajstić information content (AvgIpc) is 0.770. The Morgan fingerprint density at radius 1 is 0.223 bits per heavy atom. The van der Waals surface area contributed by atoms with Crippen molar-refractivity contribution in [2.45, 2.75) is 6.42 Å². The van der Waals surface area contributed by atoms with Gasteiger partial charge in [-0.25, -0.2) is 0 Å². The SMILES string of the molecule is Brc1cc2ccccc2c2ccccc12.[CH3-].[Na+].[OH-].c1ccc(-c2ccc(N(c3ccc(-c4cccc(-c5ccccc5)c4)cc3)c3cc4ccccc4c4ccccc34)cc2)cc1.c1ccc(-c2cccc(Cc3ccc(-c4cccc(-c5ccccc5)c4)cc3)c2)cc1. The van der Waals surface area contributed by atoms with Crippen LogP contribution in [0.15, 0.2) is 381 Å². The van der Waals surface area contributed by atoms with Gasteiger partial charge < -0.3 is 17.8 Å². The Labute approximate surface area is 583 Å². The van der Waals surface area contributed by atoms with E-state index in [2.05, 4.69) is 397 Å². The van der Waals surface area contributed by atoms with Crippen LogP contribution in [0.4, 0.5) is 17.1 Å². The van der Waals surface area contributed by atoms with E-state index >= 15 is 0 Å². The van der Waals surface area contributed by atoms with Crippen LogP contribution >= 0.6 is 15.9 Å². The Bertz CT molecular complexity index is 5120. The maximum Gasteiger partial charge on any atom is 1.00 e. The van der Waals surface area contributed by atoms with Crippen LogP contribution in [0.5, 0.6) is 0 Å². The first-order valence-electron chi connectivity index (χ1n) is 31.1. The minimum absolute atomic E-state index is 0. The van der Waals surface area contributed by atoms with Crippen molar-refractivity contribution in [3.8, 4) is 66.8 Å². The second-order valence-electron chi connectivity index (χ2n) is 22.9. The molecular weight excluding hydrogens is 1210 g/mol. The number of halogens is 1. The van der Waals surface area contributed by atoms with Crippen LogP contribution in [0, 0.1) is 7.43 Å². The summed E-state index contributed by atoms with van der Waals surface area (Å²) in [5.74, 6) is 0. The summed E-state index contributed by atoms with van der Waals surface area (Å²) in [4.78, 5) is 2.40. The quantitative estimate of drug-likeness (QED) is 0.0735. The van der Waals surface area contributed by atoms with E-state index in [0.717, 1.165) is 28.0 Å². The molecule has 0 aliphatic rings. The summed E-state index contributed by atoms with van der Waals surface area (Å²) in [6.45, 7) is 0. The first-order chi connectivity index (χ1) is 45.0. The molecule has 0 amide bonds. The standard InChI is InChI=1S/C44H31N.C31H24.C14H9Br.CH3.Na.H2O/c1-3-12-32(13-4-1)34-22-26-39(27-23-34)45(44-31-38-16-7-8-19-41(38)42-20-9-10-21-43(42)44)40-28-24-35(25-29-40)37-18-11-17-36(30-37)33-14-5-2-6-15-33;1-3-10-26(11-4-1)29-14-7-9-25(22-29)21-24-17-19-28(20-18-24)31-16-8-15-30(23-31)27-12-5-2-6-13-27;15-14-9-10-5-1-2-6-11(10)12-7-3-4-8-13(12)14;;;/h1-31H;1-20,22-23H,21H2;1-9H;1H3;;1H2/q;;;-1;+1;/p-1. The average molecular weight is 1280 g/mol. The van der Waals surface area contributed by atoms with E-state index in [0.29, 0.717) is 0 Å². The predicted octanol–water partition coefficient (Wildman–Crippen LogP) is 22.8. The van der Waals surface area contributed by atoms with Crippen LogP contribution < -0.4 is 34.5 Å². The van der Waals surface area contributed by atoms with Gasteiger partial charge in [0.15, 0.2) is 0 Å². The molecule has 0 atom stereocenters. The Morgan fingerprint density at radius 3 is 0.968 bits per heavy atom. The van der Waals surface area contributed by atoms with Crippen LogP contribution in [0.3, 0.4) is 0 Å². The second-order valence-corrected chi connectivity index (χ2v) is 23.8. The molecular formula is C90H68BrNNaO-. The van der Waals surface area contributed by atoms with Gasteiger partial charge in [-0.2, -0.15) is 0 Å². The maximum atomic E-state index is 3.62. The van der Waals surface area contributed by atoms with Gasteiger partial charge in [0.2, 0.25) is 0 Å². The fourth-order valence-corrected chi connectivity index (χ4v) is 13.0. The zero-order valence-electron chi connectivity index (χ0n) is 52.8. The van der Waals surface area contributed by atoms with Crippen LogP contribution in [0.1, 0.15) is 11.1 Å². The molecule has 0 radical (unpaired) electrons. The molecule has 0 aromatic heterocycles. The molecule has 94 heavy (non-hydrogen) atoms. The van der Waals surface area contributed by atoms with E-state index in [9.17, 15) is 0 Å². The van der Waals surface area contributed by atoms with Crippen LogP contribution in [-0.2, 0) is 6.42 Å². The number of hydrogen-bond acceptors (Lipinski definition) is 2. The Kier molecular flexibility index (Phi) is 21.5. The molecule has 16 aromatic carbocycles. The van der Waals surface area contributed by atoms with Crippen molar-refractivity contribution in [2.75, 3.05) is 4.90 Å². The maximum absolute atomic E-state index is 3.62. The minimum atomic E-state index is 0.